The van der Waals surface area contributed by atoms with Gasteiger partial charge in [0.1, 0.15) is 11.5 Å². The van der Waals surface area contributed by atoms with Gasteiger partial charge < -0.3 is 19.7 Å². The summed E-state index contributed by atoms with van der Waals surface area (Å²) >= 11 is 0. The van der Waals surface area contributed by atoms with Crippen LogP contribution in [0.5, 0.6) is 11.5 Å². The summed E-state index contributed by atoms with van der Waals surface area (Å²) in [5, 5.41) is 3.18. The van der Waals surface area contributed by atoms with E-state index in [-0.39, 0.29) is 5.91 Å². The van der Waals surface area contributed by atoms with E-state index in [2.05, 4.69) is 10.2 Å². The van der Waals surface area contributed by atoms with E-state index in [4.69, 9.17) is 9.47 Å². The molecule has 146 valence electrons. The Balaban J connectivity index is 1.50. The van der Waals surface area contributed by atoms with Crippen LogP contribution in [-0.2, 0) is 9.53 Å². The summed E-state index contributed by atoms with van der Waals surface area (Å²) in [6, 6.07) is 23.4. The van der Waals surface area contributed by atoms with E-state index in [0.717, 1.165) is 47.1 Å². The van der Waals surface area contributed by atoms with Crippen LogP contribution in [0.3, 0.4) is 0 Å². The van der Waals surface area contributed by atoms with Gasteiger partial charge in [0.25, 0.3) is 0 Å². The third kappa shape index (κ3) is 3.34. The SMILES string of the molecule is O=C(Nc1ccccc1N1CCOCC1)C1c2ccccc2Oc2ccccc21. The number of fused-ring (bicyclic) bond motifs is 2. The van der Waals surface area contributed by atoms with Crippen LogP contribution in [0.15, 0.2) is 72.8 Å². The molecule has 0 radical (unpaired) electrons. The van der Waals surface area contributed by atoms with E-state index in [9.17, 15) is 4.79 Å². The van der Waals surface area contributed by atoms with Gasteiger partial charge in [-0.2, -0.15) is 0 Å². The highest BCUT2D eigenvalue weighted by molar-refractivity contribution is 6.01. The van der Waals surface area contributed by atoms with Crippen molar-refractivity contribution >= 4 is 17.3 Å². The van der Waals surface area contributed by atoms with E-state index in [1.54, 1.807) is 0 Å². The lowest BCUT2D eigenvalue weighted by molar-refractivity contribution is -0.116. The van der Waals surface area contributed by atoms with Crippen molar-refractivity contribution in [3.63, 3.8) is 0 Å². The van der Waals surface area contributed by atoms with Gasteiger partial charge in [0, 0.05) is 24.2 Å². The first-order valence-corrected chi connectivity index (χ1v) is 9.89. The molecule has 5 nitrogen and oxygen atoms in total. The lowest BCUT2D eigenvalue weighted by atomic mass is 9.87. The van der Waals surface area contributed by atoms with Crippen molar-refractivity contribution in [2.75, 3.05) is 36.5 Å². The van der Waals surface area contributed by atoms with E-state index in [1.807, 2.05) is 72.8 Å². The second-order valence-corrected chi connectivity index (χ2v) is 7.22. The Labute approximate surface area is 169 Å². The molecule has 3 aromatic carbocycles. The summed E-state index contributed by atoms with van der Waals surface area (Å²) in [5.74, 6) is 0.975. The number of hydrogen-bond donors (Lipinski definition) is 1. The quantitative estimate of drug-likeness (QED) is 0.725. The number of para-hydroxylation sites is 4. The van der Waals surface area contributed by atoms with Crippen molar-refractivity contribution in [2.24, 2.45) is 0 Å². The molecule has 2 aliphatic heterocycles. The minimum absolute atomic E-state index is 0.0612. The maximum atomic E-state index is 13.5. The molecule has 1 amide bonds. The number of benzene rings is 3. The number of nitrogens with zero attached hydrogens (tertiary/aromatic N) is 1. The Hall–Kier alpha value is -3.31. The van der Waals surface area contributed by atoms with Crippen LogP contribution in [0.4, 0.5) is 11.4 Å². The Morgan fingerprint density at radius 2 is 1.41 bits per heavy atom. The Kier molecular flexibility index (Phi) is 4.66. The average Bonchev–Trinajstić information content (AvgIpc) is 2.78. The van der Waals surface area contributed by atoms with Gasteiger partial charge in [-0.05, 0) is 24.3 Å². The number of anilines is 2. The number of hydrogen-bond acceptors (Lipinski definition) is 4. The molecule has 0 atom stereocenters. The van der Waals surface area contributed by atoms with Crippen molar-refractivity contribution in [2.45, 2.75) is 5.92 Å². The van der Waals surface area contributed by atoms with Gasteiger partial charge in [0.05, 0.1) is 30.5 Å². The summed E-state index contributed by atoms with van der Waals surface area (Å²) in [4.78, 5) is 15.8. The van der Waals surface area contributed by atoms with E-state index < -0.39 is 5.92 Å². The van der Waals surface area contributed by atoms with E-state index in [1.165, 1.54) is 0 Å². The monoisotopic (exact) mass is 386 g/mol. The molecule has 0 bridgehead atoms. The lowest BCUT2D eigenvalue weighted by Crippen LogP contribution is -2.37. The fourth-order valence-corrected chi connectivity index (χ4v) is 4.06. The van der Waals surface area contributed by atoms with E-state index >= 15 is 0 Å². The van der Waals surface area contributed by atoms with Crippen LogP contribution >= 0.6 is 0 Å². The summed E-state index contributed by atoms with van der Waals surface area (Å²) < 4.78 is 11.5. The van der Waals surface area contributed by atoms with Gasteiger partial charge in [-0.15, -0.1) is 0 Å². The molecule has 2 heterocycles. The number of rotatable bonds is 3. The zero-order valence-electron chi connectivity index (χ0n) is 16.0. The van der Waals surface area contributed by atoms with Crippen molar-refractivity contribution in [1.82, 2.24) is 0 Å². The van der Waals surface area contributed by atoms with Gasteiger partial charge in [-0.25, -0.2) is 0 Å². The average molecular weight is 386 g/mol. The molecule has 3 aromatic rings. The highest BCUT2D eigenvalue weighted by Gasteiger charge is 2.32. The summed E-state index contributed by atoms with van der Waals surface area (Å²) in [7, 11) is 0. The van der Waals surface area contributed by atoms with Crippen LogP contribution in [0.25, 0.3) is 0 Å². The largest absolute Gasteiger partial charge is 0.457 e. The van der Waals surface area contributed by atoms with Gasteiger partial charge in [0.15, 0.2) is 0 Å². The predicted octanol–water partition coefficient (Wildman–Crippen LogP) is 4.40. The van der Waals surface area contributed by atoms with Crippen LogP contribution in [0.1, 0.15) is 17.0 Å². The standard InChI is InChI=1S/C24H22N2O3/c27-24(25-19-9-3-4-10-20(19)26-13-15-28-16-14-26)23-17-7-1-5-11-21(17)29-22-12-6-2-8-18(22)23/h1-12,23H,13-16H2,(H,25,27). The third-order valence-electron chi connectivity index (χ3n) is 5.46. The smallest absolute Gasteiger partial charge is 0.236 e. The molecule has 0 aromatic heterocycles. The number of carbonyl (C=O) groups excluding carboxylic acids is 1. The zero-order valence-corrected chi connectivity index (χ0v) is 16.0. The Bertz CT molecular complexity index is 998. The van der Waals surface area contributed by atoms with Crippen LogP contribution < -0.4 is 15.0 Å². The number of ether oxygens (including phenoxy) is 2. The van der Waals surface area contributed by atoms with Crippen molar-refractivity contribution in [3.8, 4) is 11.5 Å². The molecule has 5 rings (SSSR count). The fourth-order valence-electron chi connectivity index (χ4n) is 4.06. The number of amides is 1. The summed E-state index contributed by atoms with van der Waals surface area (Å²) in [5.41, 5.74) is 3.61. The zero-order chi connectivity index (χ0) is 19.6. The maximum Gasteiger partial charge on any atom is 0.236 e. The molecular weight excluding hydrogens is 364 g/mol. The molecule has 1 fully saturated rings. The first-order chi connectivity index (χ1) is 14.3. The summed E-state index contributed by atoms with van der Waals surface area (Å²) in [6.07, 6.45) is 0. The van der Waals surface area contributed by atoms with Gasteiger partial charge in [-0.1, -0.05) is 48.5 Å². The third-order valence-corrected chi connectivity index (χ3v) is 5.46. The fraction of sp³-hybridized carbons (Fsp3) is 0.208. The molecule has 0 aliphatic carbocycles. The summed E-state index contributed by atoms with van der Waals surface area (Å²) in [6.45, 7) is 3.03. The Morgan fingerprint density at radius 1 is 0.828 bits per heavy atom. The first kappa shape index (κ1) is 17.8. The molecule has 2 aliphatic rings. The molecule has 1 N–H and O–H groups in total. The second kappa shape index (κ2) is 7.60. The molecule has 29 heavy (non-hydrogen) atoms. The number of nitrogens with one attached hydrogen (secondary N) is 1. The molecule has 0 spiro atoms. The Morgan fingerprint density at radius 3 is 2.10 bits per heavy atom. The molecule has 5 heteroatoms. The second-order valence-electron chi connectivity index (χ2n) is 7.22. The minimum atomic E-state index is -0.422. The van der Waals surface area contributed by atoms with E-state index in [0.29, 0.717) is 13.2 Å². The molecule has 1 saturated heterocycles. The van der Waals surface area contributed by atoms with Crippen LogP contribution in [-0.4, -0.2) is 32.2 Å². The molecular formula is C24H22N2O3. The van der Waals surface area contributed by atoms with Crippen molar-refractivity contribution in [3.05, 3.63) is 83.9 Å². The minimum Gasteiger partial charge on any atom is -0.457 e. The van der Waals surface area contributed by atoms with Crippen molar-refractivity contribution < 1.29 is 14.3 Å². The maximum absolute atomic E-state index is 13.5. The van der Waals surface area contributed by atoms with Gasteiger partial charge in [-0.3, -0.25) is 4.79 Å². The van der Waals surface area contributed by atoms with Crippen LogP contribution in [0.2, 0.25) is 0 Å². The van der Waals surface area contributed by atoms with Crippen molar-refractivity contribution in [1.29, 1.82) is 0 Å². The molecule has 0 unspecified atom stereocenters. The van der Waals surface area contributed by atoms with Crippen LogP contribution in [0, 0.1) is 0 Å². The first-order valence-electron chi connectivity index (χ1n) is 9.89. The normalized spacial score (nSPS) is 15.8. The predicted molar refractivity (Wildman–Crippen MR) is 113 cm³/mol. The number of morpholine rings is 1. The highest BCUT2D eigenvalue weighted by atomic mass is 16.5. The van der Waals surface area contributed by atoms with Gasteiger partial charge >= 0.3 is 0 Å². The molecule has 0 saturated carbocycles. The highest BCUT2D eigenvalue weighted by Crippen LogP contribution is 2.44. The van der Waals surface area contributed by atoms with Gasteiger partial charge in [0.2, 0.25) is 5.91 Å². The topological polar surface area (TPSA) is 50.8 Å². The lowest BCUT2D eigenvalue weighted by Gasteiger charge is -2.31. The number of carbonyl (C=O) groups is 1.